The minimum Gasteiger partial charge on any atom is -0.481 e. The average Bonchev–Trinajstić information content (AvgIpc) is 2.26. The van der Waals surface area contributed by atoms with E-state index in [1.165, 1.54) is 0 Å². The van der Waals surface area contributed by atoms with E-state index in [1.54, 1.807) is 24.3 Å². The number of carboxylic acids is 2. The second-order valence-electron chi connectivity index (χ2n) is 3.80. The fourth-order valence-electron chi connectivity index (χ4n) is 1.52. The lowest BCUT2D eigenvalue weighted by molar-refractivity contribution is -0.142. The molecule has 1 aromatic carbocycles. The molecule has 5 heteroatoms. The van der Waals surface area contributed by atoms with Crippen LogP contribution in [0.4, 0.5) is 0 Å². The molecule has 4 nitrogen and oxygen atoms in total. The Morgan fingerprint density at radius 2 is 1.76 bits per heavy atom. The van der Waals surface area contributed by atoms with Crippen LogP contribution in [0.25, 0.3) is 0 Å². The molecule has 0 bridgehead atoms. The third kappa shape index (κ3) is 4.87. The van der Waals surface area contributed by atoms with E-state index in [0.29, 0.717) is 11.4 Å². The predicted molar refractivity (Wildman–Crippen MR) is 63.2 cm³/mol. The van der Waals surface area contributed by atoms with E-state index in [4.69, 9.17) is 21.8 Å². The molecule has 0 heterocycles. The van der Waals surface area contributed by atoms with Gasteiger partial charge in [-0.05, 0) is 30.5 Å². The highest BCUT2D eigenvalue weighted by atomic mass is 35.5. The first-order valence-corrected chi connectivity index (χ1v) is 5.56. The first kappa shape index (κ1) is 13.5. The summed E-state index contributed by atoms with van der Waals surface area (Å²) >= 11 is 5.72. The Labute approximate surface area is 104 Å². The highest BCUT2D eigenvalue weighted by Crippen LogP contribution is 2.17. The Morgan fingerprint density at radius 1 is 1.18 bits per heavy atom. The molecule has 1 rings (SSSR count). The average molecular weight is 257 g/mol. The van der Waals surface area contributed by atoms with Gasteiger partial charge in [-0.3, -0.25) is 9.59 Å². The van der Waals surface area contributed by atoms with Gasteiger partial charge < -0.3 is 10.2 Å². The van der Waals surface area contributed by atoms with Gasteiger partial charge in [0, 0.05) is 11.4 Å². The summed E-state index contributed by atoms with van der Waals surface area (Å²) in [5, 5.41) is 18.1. The molecule has 0 aliphatic rings. The number of hydrogen-bond donors (Lipinski definition) is 2. The summed E-state index contributed by atoms with van der Waals surface area (Å²) in [6.45, 7) is 0. The Bertz CT molecular complexity index is 399. The Kier molecular flexibility index (Phi) is 4.97. The molecule has 0 fully saturated rings. The van der Waals surface area contributed by atoms with E-state index in [2.05, 4.69) is 0 Å². The van der Waals surface area contributed by atoms with Crippen LogP contribution in [0.2, 0.25) is 5.02 Å². The standard InChI is InChI=1S/C12H13ClO4/c13-10-4-1-8(2-5-10)7-9(12(16)17)3-6-11(14)15/h1-2,4-5,9H,3,6-7H2,(H,14,15)(H,16,17). The summed E-state index contributed by atoms with van der Waals surface area (Å²) in [5.41, 5.74) is 0.840. The molecule has 0 aliphatic carbocycles. The zero-order valence-corrected chi connectivity index (χ0v) is 9.85. The molecule has 2 N–H and O–H groups in total. The Balaban J connectivity index is 2.63. The van der Waals surface area contributed by atoms with Gasteiger partial charge in [0.1, 0.15) is 0 Å². The summed E-state index contributed by atoms with van der Waals surface area (Å²) in [7, 11) is 0. The van der Waals surface area contributed by atoms with Crippen LogP contribution in [0, 0.1) is 5.92 Å². The predicted octanol–water partition coefficient (Wildman–Crippen LogP) is 2.45. The fourth-order valence-corrected chi connectivity index (χ4v) is 1.64. The molecule has 0 spiro atoms. The third-order valence-electron chi connectivity index (χ3n) is 2.45. The van der Waals surface area contributed by atoms with Gasteiger partial charge in [0.2, 0.25) is 0 Å². The third-order valence-corrected chi connectivity index (χ3v) is 2.70. The summed E-state index contributed by atoms with van der Waals surface area (Å²) in [4.78, 5) is 21.4. The molecule has 0 aromatic heterocycles. The second kappa shape index (κ2) is 6.25. The number of carboxylic acid groups (broad SMARTS) is 2. The number of hydrogen-bond acceptors (Lipinski definition) is 2. The maximum atomic E-state index is 11.0. The van der Waals surface area contributed by atoms with Crippen molar-refractivity contribution in [3.05, 3.63) is 34.9 Å². The van der Waals surface area contributed by atoms with Crippen molar-refractivity contribution in [2.24, 2.45) is 5.92 Å². The lowest BCUT2D eigenvalue weighted by Gasteiger charge is -2.11. The Hall–Kier alpha value is -1.55. The van der Waals surface area contributed by atoms with Crippen molar-refractivity contribution in [3.63, 3.8) is 0 Å². The number of carbonyl (C=O) groups is 2. The molecule has 0 radical (unpaired) electrons. The molecular weight excluding hydrogens is 244 g/mol. The van der Waals surface area contributed by atoms with Gasteiger partial charge in [-0.2, -0.15) is 0 Å². The van der Waals surface area contributed by atoms with Crippen LogP contribution in [-0.2, 0) is 16.0 Å². The van der Waals surface area contributed by atoms with Gasteiger partial charge in [0.15, 0.2) is 0 Å². The van der Waals surface area contributed by atoms with Crippen LogP contribution in [0.5, 0.6) is 0 Å². The highest BCUT2D eigenvalue weighted by molar-refractivity contribution is 6.30. The van der Waals surface area contributed by atoms with Crippen molar-refractivity contribution >= 4 is 23.5 Å². The lowest BCUT2D eigenvalue weighted by atomic mass is 9.95. The van der Waals surface area contributed by atoms with E-state index in [1.807, 2.05) is 0 Å². The molecular formula is C12H13ClO4. The molecule has 0 saturated carbocycles. The van der Waals surface area contributed by atoms with Gasteiger partial charge in [0.25, 0.3) is 0 Å². The molecule has 0 amide bonds. The first-order chi connectivity index (χ1) is 7.99. The monoisotopic (exact) mass is 256 g/mol. The topological polar surface area (TPSA) is 74.6 Å². The van der Waals surface area contributed by atoms with E-state index in [-0.39, 0.29) is 12.8 Å². The minimum atomic E-state index is -0.979. The lowest BCUT2D eigenvalue weighted by Crippen LogP contribution is -2.17. The van der Waals surface area contributed by atoms with Crippen molar-refractivity contribution in [2.45, 2.75) is 19.3 Å². The molecule has 92 valence electrons. The second-order valence-corrected chi connectivity index (χ2v) is 4.23. The van der Waals surface area contributed by atoms with Crippen molar-refractivity contribution in [1.29, 1.82) is 0 Å². The molecule has 0 aliphatic heterocycles. The fraction of sp³-hybridized carbons (Fsp3) is 0.333. The van der Waals surface area contributed by atoms with E-state index in [9.17, 15) is 9.59 Å². The molecule has 1 atom stereocenters. The van der Waals surface area contributed by atoms with E-state index in [0.717, 1.165) is 5.56 Å². The van der Waals surface area contributed by atoms with Crippen LogP contribution in [0.15, 0.2) is 24.3 Å². The van der Waals surface area contributed by atoms with Gasteiger partial charge in [0.05, 0.1) is 5.92 Å². The van der Waals surface area contributed by atoms with E-state index < -0.39 is 17.9 Å². The largest absolute Gasteiger partial charge is 0.481 e. The van der Waals surface area contributed by atoms with Gasteiger partial charge in [-0.25, -0.2) is 0 Å². The number of halogens is 1. The first-order valence-electron chi connectivity index (χ1n) is 5.18. The summed E-state index contributed by atoms with van der Waals surface area (Å²) in [6.07, 6.45) is 0.317. The molecule has 1 unspecified atom stereocenters. The number of rotatable bonds is 6. The summed E-state index contributed by atoms with van der Waals surface area (Å²) < 4.78 is 0. The minimum absolute atomic E-state index is 0.132. The summed E-state index contributed by atoms with van der Waals surface area (Å²) in [5.74, 6) is -2.62. The zero-order valence-electron chi connectivity index (χ0n) is 9.10. The molecule has 1 aromatic rings. The maximum Gasteiger partial charge on any atom is 0.306 e. The van der Waals surface area contributed by atoms with Crippen LogP contribution >= 0.6 is 11.6 Å². The van der Waals surface area contributed by atoms with Crippen LogP contribution in [0.1, 0.15) is 18.4 Å². The highest BCUT2D eigenvalue weighted by Gasteiger charge is 2.19. The smallest absolute Gasteiger partial charge is 0.306 e. The Morgan fingerprint density at radius 3 is 2.24 bits per heavy atom. The van der Waals surface area contributed by atoms with Gasteiger partial charge in [-0.15, -0.1) is 0 Å². The SMILES string of the molecule is O=C(O)CCC(Cc1ccc(Cl)cc1)C(=O)O. The van der Waals surface area contributed by atoms with Gasteiger partial charge in [-0.1, -0.05) is 23.7 Å². The quantitative estimate of drug-likeness (QED) is 0.820. The maximum absolute atomic E-state index is 11.0. The summed E-state index contributed by atoms with van der Waals surface area (Å²) in [6, 6.07) is 6.87. The van der Waals surface area contributed by atoms with Crippen LogP contribution < -0.4 is 0 Å². The van der Waals surface area contributed by atoms with Crippen LogP contribution in [-0.4, -0.2) is 22.2 Å². The van der Waals surface area contributed by atoms with Crippen LogP contribution in [0.3, 0.4) is 0 Å². The normalized spacial score (nSPS) is 12.1. The number of aliphatic carboxylic acids is 2. The van der Waals surface area contributed by atoms with Crippen molar-refractivity contribution in [3.8, 4) is 0 Å². The number of benzene rings is 1. The van der Waals surface area contributed by atoms with E-state index >= 15 is 0 Å². The van der Waals surface area contributed by atoms with Gasteiger partial charge >= 0.3 is 11.9 Å². The molecule has 0 saturated heterocycles. The van der Waals surface area contributed by atoms with Crippen molar-refractivity contribution < 1.29 is 19.8 Å². The zero-order chi connectivity index (χ0) is 12.8. The van der Waals surface area contributed by atoms with Crippen molar-refractivity contribution in [2.75, 3.05) is 0 Å². The molecule has 17 heavy (non-hydrogen) atoms. The van der Waals surface area contributed by atoms with Crippen molar-refractivity contribution in [1.82, 2.24) is 0 Å².